The molecule has 0 fully saturated rings. The highest BCUT2D eigenvalue weighted by Crippen LogP contribution is 2.30. The van der Waals surface area contributed by atoms with Crippen LogP contribution in [0, 0.1) is 13.8 Å². The average molecular weight is 381 g/mol. The number of halogens is 1. The van der Waals surface area contributed by atoms with E-state index in [1.54, 1.807) is 0 Å². The summed E-state index contributed by atoms with van der Waals surface area (Å²) in [6, 6.07) is 18.0. The Labute approximate surface area is 166 Å². The largest absolute Gasteiger partial charge is 0.352 e. The molecule has 27 heavy (non-hydrogen) atoms. The number of hydrogen-bond acceptors (Lipinski definition) is 1. The first-order chi connectivity index (χ1) is 13.0. The SMILES string of the molecule is CCCCNC(=O)c1cc(-c2ccc(Cl)cc2)n(-c2cccc(C)c2)c1C. The van der Waals surface area contributed by atoms with Crippen molar-refractivity contribution in [3.8, 4) is 16.9 Å². The van der Waals surface area contributed by atoms with E-state index in [2.05, 4.69) is 41.9 Å². The van der Waals surface area contributed by atoms with Crippen molar-refractivity contribution in [2.24, 2.45) is 0 Å². The van der Waals surface area contributed by atoms with Crippen molar-refractivity contribution in [2.45, 2.75) is 33.6 Å². The summed E-state index contributed by atoms with van der Waals surface area (Å²) in [5.74, 6) is -0.0254. The highest BCUT2D eigenvalue weighted by Gasteiger charge is 2.19. The third-order valence-corrected chi connectivity index (χ3v) is 4.96. The summed E-state index contributed by atoms with van der Waals surface area (Å²) >= 11 is 6.06. The number of aromatic nitrogens is 1. The van der Waals surface area contributed by atoms with Gasteiger partial charge in [-0.15, -0.1) is 0 Å². The van der Waals surface area contributed by atoms with Gasteiger partial charge in [-0.05, 0) is 61.7 Å². The van der Waals surface area contributed by atoms with Gasteiger partial charge in [0.15, 0.2) is 0 Å². The van der Waals surface area contributed by atoms with Crippen LogP contribution < -0.4 is 5.32 Å². The first-order valence-corrected chi connectivity index (χ1v) is 9.72. The molecule has 0 aliphatic heterocycles. The lowest BCUT2D eigenvalue weighted by molar-refractivity contribution is 0.0952. The van der Waals surface area contributed by atoms with Gasteiger partial charge < -0.3 is 9.88 Å². The third-order valence-electron chi connectivity index (χ3n) is 4.71. The normalized spacial score (nSPS) is 10.8. The van der Waals surface area contributed by atoms with Gasteiger partial charge in [-0.1, -0.05) is 49.2 Å². The van der Waals surface area contributed by atoms with Gasteiger partial charge in [0.1, 0.15) is 0 Å². The van der Waals surface area contributed by atoms with Crippen LogP contribution in [0.3, 0.4) is 0 Å². The van der Waals surface area contributed by atoms with Crippen molar-refractivity contribution in [1.82, 2.24) is 9.88 Å². The topological polar surface area (TPSA) is 34.0 Å². The lowest BCUT2D eigenvalue weighted by Gasteiger charge is -2.13. The highest BCUT2D eigenvalue weighted by molar-refractivity contribution is 6.30. The highest BCUT2D eigenvalue weighted by atomic mass is 35.5. The van der Waals surface area contributed by atoms with E-state index in [1.807, 2.05) is 43.3 Å². The Morgan fingerprint density at radius 2 is 1.81 bits per heavy atom. The number of carbonyl (C=O) groups is 1. The number of nitrogens with zero attached hydrogens (tertiary/aromatic N) is 1. The molecule has 2 aromatic carbocycles. The van der Waals surface area contributed by atoms with Crippen LogP contribution in [0.25, 0.3) is 16.9 Å². The molecule has 0 radical (unpaired) electrons. The minimum Gasteiger partial charge on any atom is -0.352 e. The van der Waals surface area contributed by atoms with Gasteiger partial charge >= 0.3 is 0 Å². The number of unbranched alkanes of at least 4 members (excludes halogenated alkanes) is 1. The van der Waals surface area contributed by atoms with Crippen LogP contribution in [0.5, 0.6) is 0 Å². The molecule has 0 aliphatic carbocycles. The van der Waals surface area contributed by atoms with Gasteiger partial charge in [0.05, 0.1) is 11.3 Å². The molecule has 140 valence electrons. The van der Waals surface area contributed by atoms with Crippen molar-refractivity contribution >= 4 is 17.5 Å². The van der Waals surface area contributed by atoms with Gasteiger partial charge in [0, 0.05) is 22.9 Å². The number of carbonyl (C=O) groups excluding carboxylic acids is 1. The fourth-order valence-corrected chi connectivity index (χ4v) is 3.37. The maximum absolute atomic E-state index is 12.7. The van der Waals surface area contributed by atoms with Crippen LogP contribution in [-0.2, 0) is 0 Å². The third kappa shape index (κ3) is 4.25. The predicted molar refractivity (Wildman–Crippen MR) is 113 cm³/mol. The second-order valence-electron chi connectivity index (χ2n) is 6.82. The van der Waals surface area contributed by atoms with Gasteiger partial charge in [0.25, 0.3) is 5.91 Å². The Balaban J connectivity index is 2.11. The van der Waals surface area contributed by atoms with Gasteiger partial charge in [0.2, 0.25) is 0 Å². The zero-order valence-corrected chi connectivity index (χ0v) is 16.8. The van der Waals surface area contributed by atoms with Crippen LogP contribution in [-0.4, -0.2) is 17.0 Å². The summed E-state index contributed by atoms with van der Waals surface area (Å²) in [5.41, 5.74) is 5.87. The summed E-state index contributed by atoms with van der Waals surface area (Å²) in [7, 11) is 0. The molecular formula is C23H25ClN2O. The van der Waals surface area contributed by atoms with Gasteiger partial charge in [-0.25, -0.2) is 0 Å². The summed E-state index contributed by atoms with van der Waals surface area (Å²) in [6.45, 7) is 6.88. The van der Waals surface area contributed by atoms with Crippen molar-refractivity contribution < 1.29 is 4.79 Å². The molecule has 0 aliphatic rings. The summed E-state index contributed by atoms with van der Waals surface area (Å²) in [6.07, 6.45) is 2.03. The number of nitrogens with one attached hydrogen (secondary N) is 1. The van der Waals surface area contributed by atoms with E-state index in [0.29, 0.717) is 17.1 Å². The fourth-order valence-electron chi connectivity index (χ4n) is 3.24. The predicted octanol–water partition coefficient (Wildman–Crippen LogP) is 5.94. The molecule has 1 heterocycles. The fraction of sp³-hybridized carbons (Fsp3) is 0.261. The molecule has 3 rings (SSSR count). The molecule has 3 aromatic rings. The molecule has 4 heteroatoms. The zero-order chi connectivity index (χ0) is 19.4. The standard InChI is InChI=1S/C23H25ClN2O/c1-4-5-13-25-23(27)21-15-22(18-9-11-19(24)12-10-18)26(17(21)3)20-8-6-7-16(2)14-20/h6-12,14-15H,4-5,13H2,1-3H3,(H,25,27). The smallest absolute Gasteiger partial charge is 0.253 e. The molecule has 1 amide bonds. The number of benzene rings is 2. The molecule has 0 atom stereocenters. The van der Waals surface area contributed by atoms with E-state index in [0.717, 1.165) is 35.5 Å². The molecule has 0 saturated heterocycles. The van der Waals surface area contributed by atoms with Gasteiger partial charge in [-0.3, -0.25) is 4.79 Å². The first-order valence-electron chi connectivity index (χ1n) is 9.34. The Morgan fingerprint density at radius 1 is 1.07 bits per heavy atom. The molecule has 1 aromatic heterocycles. The minimum atomic E-state index is -0.0254. The first kappa shape index (κ1) is 19.2. The van der Waals surface area contributed by atoms with Crippen LogP contribution in [0.15, 0.2) is 54.6 Å². The molecule has 0 bridgehead atoms. The number of amides is 1. The van der Waals surface area contributed by atoms with Crippen LogP contribution in [0.4, 0.5) is 0 Å². The number of rotatable bonds is 6. The second-order valence-corrected chi connectivity index (χ2v) is 7.26. The van der Waals surface area contributed by atoms with E-state index in [4.69, 9.17) is 11.6 Å². The Hall–Kier alpha value is -2.52. The molecule has 1 N–H and O–H groups in total. The Bertz CT molecular complexity index is 942. The van der Waals surface area contributed by atoms with Crippen LogP contribution in [0.1, 0.15) is 41.4 Å². The van der Waals surface area contributed by atoms with Crippen molar-refractivity contribution in [3.05, 3.63) is 76.4 Å². The van der Waals surface area contributed by atoms with Crippen molar-refractivity contribution in [2.75, 3.05) is 6.54 Å². The quantitative estimate of drug-likeness (QED) is 0.527. The number of hydrogen-bond donors (Lipinski definition) is 1. The van der Waals surface area contributed by atoms with E-state index < -0.39 is 0 Å². The molecule has 0 unspecified atom stereocenters. The maximum Gasteiger partial charge on any atom is 0.253 e. The summed E-state index contributed by atoms with van der Waals surface area (Å²) in [4.78, 5) is 12.7. The summed E-state index contributed by atoms with van der Waals surface area (Å²) in [5, 5.41) is 3.73. The van der Waals surface area contributed by atoms with E-state index >= 15 is 0 Å². The van der Waals surface area contributed by atoms with Crippen LogP contribution in [0.2, 0.25) is 5.02 Å². The lowest BCUT2D eigenvalue weighted by Crippen LogP contribution is -2.24. The summed E-state index contributed by atoms with van der Waals surface area (Å²) < 4.78 is 2.14. The monoisotopic (exact) mass is 380 g/mol. The Morgan fingerprint density at radius 3 is 2.48 bits per heavy atom. The van der Waals surface area contributed by atoms with E-state index in [-0.39, 0.29) is 5.91 Å². The van der Waals surface area contributed by atoms with E-state index in [1.165, 1.54) is 5.56 Å². The molecule has 3 nitrogen and oxygen atoms in total. The molecular weight excluding hydrogens is 356 g/mol. The van der Waals surface area contributed by atoms with E-state index in [9.17, 15) is 4.79 Å². The lowest BCUT2D eigenvalue weighted by atomic mass is 10.1. The molecule has 0 saturated carbocycles. The maximum atomic E-state index is 12.7. The van der Waals surface area contributed by atoms with Crippen LogP contribution >= 0.6 is 11.6 Å². The van der Waals surface area contributed by atoms with Crippen molar-refractivity contribution in [1.29, 1.82) is 0 Å². The van der Waals surface area contributed by atoms with Gasteiger partial charge in [-0.2, -0.15) is 0 Å². The second kappa shape index (κ2) is 8.45. The zero-order valence-electron chi connectivity index (χ0n) is 16.1. The number of aryl methyl sites for hydroxylation is 1. The molecule has 0 spiro atoms. The van der Waals surface area contributed by atoms with Crippen molar-refractivity contribution in [3.63, 3.8) is 0 Å². The average Bonchev–Trinajstić information content (AvgIpc) is 3.00. The minimum absolute atomic E-state index is 0.0254. The Kier molecular flexibility index (Phi) is 6.02.